The topological polar surface area (TPSA) is 54.9 Å². The Labute approximate surface area is 150 Å². The first-order chi connectivity index (χ1) is 10.2. The van der Waals surface area contributed by atoms with Gasteiger partial charge in [-0.3, -0.25) is 4.99 Å². The molecule has 5 nitrogen and oxygen atoms in total. The summed E-state index contributed by atoms with van der Waals surface area (Å²) in [4.78, 5) is 4.18. The van der Waals surface area contributed by atoms with Crippen molar-refractivity contribution in [2.24, 2.45) is 4.99 Å². The maximum Gasteiger partial charge on any atom is 0.191 e. The molecule has 6 heteroatoms. The van der Waals surface area contributed by atoms with E-state index in [1.54, 1.807) is 14.2 Å². The Bertz CT molecular complexity index is 441. The molecule has 0 saturated heterocycles. The second-order valence-corrected chi connectivity index (χ2v) is 4.97. The molecule has 1 rings (SSSR count). The molecule has 0 radical (unpaired) electrons. The van der Waals surface area contributed by atoms with Gasteiger partial charge in [0, 0.05) is 26.7 Å². The van der Waals surface area contributed by atoms with Crippen LogP contribution in [0.25, 0.3) is 0 Å². The number of hydrogen-bond donors (Lipinski definition) is 2. The number of halogens is 1. The number of ether oxygens (including phenoxy) is 2. The van der Waals surface area contributed by atoms with Crippen LogP contribution < -0.4 is 15.4 Å². The fourth-order valence-corrected chi connectivity index (χ4v) is 1.90. The van der Waals surface area contributed by atoms with Crippen molar-refractivity contribution in [2.75, 3.05) is 33.9 Å². The van der Waals surface area contributed by atoms with Crippen molar-refractivity contribution in [2.45, 2.75) is 26.3 Å². The Hall–Kier alpha value is -1.02. The Balaban J connectivity index is 0.00000441. The third-order valence-electron chi connectivity index (χ3n) is 2.99. The Morgan fingerprint density at radius 2 is 2.05 bits per heavy atom. The van der Waals surface area contributed by atoms with Crippen molar-refractivity contribution < 1.29 is 9.47 Å². The number of aliphatic imine (C=N–C) groups is 1. The molecule has 0 amide bonds. The van der Waals surface area contributed by atoms with Crippen LogP contribution in [0.4, 0.5) is 0 Å². The van der Waals surface area contributed by atoms with Gasteiger partial charge in [-0.15, -0.1) is 24.0 Å². The van der Waals surface area contributed by atoms with Gasteiger partial charge >= 0.3 is 0 Å². The zero-order valence-corrected chi connectivity index (χ0v) is 16.2. The minimum absolute atomic E-state index is 0. The lowest BCUT2D eigenvalue weighted by Crippen LogP contribution is -2.44. The van der Waals surface area contributed by atoms with Gasteiger partial charge in [0.2, 0.25) is 0 Å². The molecule has 0 aromatic heterocycles. The van der Waals surface area contributed by atoms with E-state index in [2.05, 4.69) is 35.5 Å². The quantitative estimate of drug-likeness (QED) is 0.293. The number of guanidine groups is 1. The number of methoxy groups -OCH3 is 1. The summed E-state index contributed by atoms with van der Waals surface area (Å²) in [7, 11) is 3.45. The highest BCUT2D eigenvalue weighted by Crippen LogP contribution is 2.15. The highest BCUT2D eigenvalue weighted by atomic mass is 127. The maximum absolute atomic E-state index is 5.75. The minimum atomic E-state index is 0. The van der Waals surface area contributed by atoms with Crippen molar-refractivity contribution >= 4 is 29.9 Å². The molecule has 0 aliphatic rings. The van der Waals surface area contributed by atoms with Crippen LogP contribution in [0, 0.1) is 6.92 Å². The molecule has 1 aromatic rings. The van der Waals surface area contributed by atoms with Crippen molar-refractivity contribution in [1.82, 2.24) is 10.6 Å². The van der Waals surface area contributed by atoms with E-state index in [0.29, 0.717) is 13.2 Å². The minimum Gasteiger partial charge on any atom is -0.493 e. The molecular formula is C16H28IN3O2. The van der Waals surface area contributed by atoms with Gasteiger partial charge in [-0.05, 0) is 31.9 Å². The Morgan fingerprint density at radius 3 is 2.68 bits per heavy atom. The van der Waals surface area contributed by atoms with Crippen molar-refractivity contribution in [3.63, 3.8) is 0 Å². The fourth-order valence-electron chi connectivity index (χ4n) is 1.90. The summed E-state index contributed by atoms with van der Waals surface area (Å²) in [5.41, 5.74) is 1.16. The molecule has 0 aliphatic heterocycles. The van der Waals surface area contributed by atoms with E-state index in [9.17, 15) is 0 Å². The van der Waals surface area contributed by atoms with E-state index in [1.165, 1.54) is 0 Å². The van der Waals surface area contributed by atoms with Crippen molar-refractivity contribution in [3.05, 3.63) is 29.8 Å². The molecule has 22 heavy (non-hydrogen) atoms. The standard InChI is InChI=1S/C16H27N3O2.HI/c1-13-8-5-6-9-15(13)21-11-7-10-18-16(17-3)19-14(2)12-20-4;/h5-6,8-9,14H,7,10-12H2,1-4H3,(H2,17,18,19);1H. The van der Waals surface area contributed by atoms with Crippen LogP contribution in [0.15, 0.2) is 29.3 Å². The maximum atomic E-state index is 5.75. The van der Waals surface area contributed by atoms with Crippen LogP contribution in [0.1, 0.15) is 18.9 Å². The van der Waals surface area contributed by atoms with Crippen LogP contribution in [-0.4, -0.2) is 45.9 Å². The summed E-state index contributed by atoms with van der Waals surface area (Å²) in [6.07, 6.45) is 0.910. The highest BCUT2D eigenvalue weighted by molar-refractivity contribution is 14.0. The second-order valence-electron chi connectivity index (χ2n) is 4.97. The molecule has 0 aliphatic carbocycles. The number of nitrogens with zero attached hydrogens (tertiary/aromatic N) is 1. The lowest BCUT2D eigenvalue weighted by molar-refractivity contribution is 0.179. The number of hydrogen-bond acceptors (Lipinski definition) is 3. The summed E-state index contributed by atoms with van der Waals surface area (Å²) in [5.74, 6) is 1.74. The average molecular weight is 421 g/mol. The Morgan fingerprint density at radius 1 is 1.32 bits per heavy atom. The first-order valence-corrected chi connectivity index (χ1v) is 7.32. The largest absolute Gasteiger partial charge is 0.493 e. The first-order valence-electron chi connectivity index (χ1n) is 7.32. The molecule has 2 N–H and O–H groups in total. The van der Waals surface area contributed by atoms with Crippen molar-refractivity contribution in [1.29, 1.82) is 0 Å². The summed E-state index contributed by atoms with van der Waals surface area (Å²) >= 11 is 0. The zero-order chi connectivity index (χ0) is 15.5. The highest BCUT2D eigenvalue weighted by Gasteiger charge is 2.04. The normalized spacial score (nSPS) is 12.3. The number of benzene rings is 1. The molecule has 0 saturated carbocycles. The molecule has 1 unspecified atom stereocenters. The van der Waals surface area contributed by atoms with Gasteiger partial charge < -0.3 is 20.1 Å². The average Bonchev–Trinajstić information content (AvgIpc) is 2.47. The smallest absolute Gasteiger partial charge is 0.191 e. The monoisotopic (exact) mass is 421 g/mol. The van der Waals surface area contributed by atoms with Gasteiger partial charge in [-0.1, -0.05) is 18.2 Å². The lowest BCUT2D eigenvalue weighted by atomic mass is 10.2. The number of para-hydroxylation sites is 1. The summed E-state index contributed by atoms with van der Waals surface area (Å²) in [6, 6.07) is 8.28. The van der Waals surface area contributed by atoms with Crippen LogP contribution in [0.5, 0.6) is 5.75 Å². The van der Waals surface area contributed by atoms with Gasteiger partial charge in [-0.25, -0.2) is 0 Å². The van der Waals surface area contributed by atoms with Crippen LogP contribution in [-0.2, 0) is 4.74 Å². The molecular weight excluding hydrogens is 393 g/mol. The summed E-state index contributed by atoms with van der Waals surface area (Å²) < 4.78 is 10.8. The van der Waals surface area contributed by atoms with Crippen LogP contribution >= 0.6 is 24.0 Å². The third-order valence-corrected chi connectivity index (χ3v) is 2.99. The molecule has 0 spiro atoms. The van der Waals surface area contributed by atoms with Gasteiger partial charge in [0.15, 0.2) is 5.96 Å². The molecule has 1 aromatic carbocycles. The molecule has 0 bridgehead atoms. The first kappa shape index (κ1) is 21.0. The number of nitrogens with one attached hydrogen (secondary N) is 2. The number of rotatable bonds is 8. The lowest BCUT2D eigenvalue weighted by Gasteiger charge is -2.17. The van der Waals surface area contributed by atoms with Crippen LogP contribution in [0.2, 0.25) is 0 Å². The SMILES string of the molecule is CN=C(NCCCOc1ccccc1C)NC(C)COC.I. The summed E-state index contributed by atoms with van der Waals surface area (Å²) in [5, 5.41) is 6.52. The predicted molar refractivity (Wildman–Crippen MR) is 103 cm³/mol. The fraction of sp³-hybridized carbons (Fsp3) is 0.562. The second kappa shape index (κ2) is 12.5. The van der Waals surface area contributed by atoms with Crippen molar-refractivity contribution in [3.8, 4) is 5.75 Å². The van der Waals surface area contributed by atoms with E-state index in [1.807, 2.05) is 18.2 Å². The van der Waals surface area contributed by atoms with E-state index < -0.39 is 0 Å². The van der Waals surface area contributed by atoms with Gasteiger partial charge in [0.1, 0.15) is 5.75 Å². The van der Waals surface area contributed by atoms with E-state index in [4.69, 9.17) is 9.47 Å². The van der Waals surface area contributed by atoms with Gasteiger partial charge in [-0.2, -0.15) is 0 Å². The third kappa shape index (κ3) is 8.43. The summed E-state index contributed by atoms with van der Waals surface area (Å²) in [6.45, 7) is 6.25. The Kier molecular flexibility index (Phi) is 11.9. The molecule has 126 valence electrons. The zero-order valence-electron chi connectivity index (χ0n) is 13.9. The molecule has 0 heterocycles. The van der Waals surface area contributed by atoms with Gasteiger partial charge in [0.25, 0.3) is 0 Å². The van der Waals surface area contributed by atoms with E-state index >= 15 is 0 Å². The number of aryl methyl sites for hydroxylation is 1. The molecule has 1 atom stereocenters. The molecule has 0 fully saturated rings. The van der Waals surface area contributed by atoms with E-state index in [0.717, 1.165) is 30.2 Å². The predicted octanol–water partition coefficient (Wildman–Crippen LogP) is 2.58. The van der Waals surface area contributed by atoms with E-state index in [-0.39, 0.29) is 30.0 Å². The van der Waals surface area contributed by atoms with Gasteiger partial charge in [0.05, 0.1) is 13.2 Å². The van der Waals surface area contributed by atoms with Crippen LogP contribution in [0.3, 0.4) is 0 Å².